The summed E-state index contributed by atoms with van der Waals surface area (Å²) in [6, 6.07) is 7.34. The highest BCUT2D eigenvalue weighted by Gasteiger charge is 2.43. The number of fused-ring (bicyclic) bond motifs is 1. The molecule has 0 spiro atoms. The SMILES string of the molecule is Cn1ncc(C(=O)Nc2ccc3c(c2)OC(F)(F)O3)c1NCc1ccnc(NC(=O)OC(C)(C)C)c1. The van der Waals surface area contributed by atoms with Crippen molar-refractivity contribution in [3.8, 4) is 11.5 Å². The van der Waals surface area contributed by atoms with Gasteiger partial charge in [0.2, 0.25) is 0 Å². The lowest BCUT2D eigenvalue weighted by Gasteiger charge is -2.19. The van der Waals surface area contributed by atoms with Crippen LogP contribution in [0.2, 0.25) is 0 Å². The summed E-state index contributed by atoms with van der Waals surface area (Å²) in [4.78, 5) is 29.0. The molecule has 1 aliphatic rings. The maximum atomic E-state index is 13.2. The van der Waals surface area contributed by atoms with Crippen LogP contribution < -0.4 is 25.4 Å². The molecular formula is C23H24F2N6O5. The maximum absolute atomic E-state index is 13.2. The van der Waals surface area contributed by atoms with Crippen molar-refractivity contribution in [3.63, 3.8) is 0 Å². The minimum absolute atomic E-state index is 0.125. The third kappa shape index (κ3) is 5.98. The molecule has 36 heavy (non-hydrogen) atoms. The molecule has 0 aliphatic carbocycles. The van der Waals surface area contributed by atoms with Crippen molar-refractivity contribution < 1.29 is 32.6 Å². The number of anilines is 3. The standard InChI is InChI=1S/C23H24F2N6O5/c1-22(2,3)36-21(33)30-18-9-13(7-8-26-18)11-27-19-15(12-28-31(19)4)20(32)29-14-5-6-16-17(10-14)35-23(24,25)34-16/h5-10,12,27H,11H2,1-4H3,(H,29,32)(H,26,30,33). The van der Waals surface area contributed by atoms with Crippen molar-refractivity contribution in [1.29, 1.82) is 0 Å². The molecule has 0 radical (unpaired) electrons. The van der Waals surface area contributed by atoms with E-state index in [1.165, 1.54) is 35.3 Å². The molecule has 4 rings (SSSR count). The first-order valence-electron chi connectivity index (χ1n) is 10.8. The molecule has 0 saturated carbocycles. The van der Waals surface area contributed by atoms with E-state index in [1.54, 1.807) is 40.0 Å². The number of pyridine rings is 1. The summed E-state index contributed by atoms with van der Waals surface area (Å²) in [6.45, 7) is 5.55. The Hall–Kier alpha value is -4.42. The molecule has 11 nitrogen and oxygen atoms in total. The molecule has 3 heterocycles. The third-order valence-corrected chi connectivity index (χ3v) is 4.76. The summed E-state index contributed by atoms with van der Waals surface area (Å²) in [5.41, 5.74) is 0.578. The van der Waals surface area contributed by atoms with Gasteiger partial charge in [0.1, 0.15) is 22.8 Å². The molecule has 190 valence electrons. The highest BCUT2D eigenvalue weighted by molar-refractivity contribution is 6.07. The van der Waals surface area contributed by atoms with Gasteiger partial charge in [-0.2, -0.15) is 5.10 Å². The predicted molar refractivity (Wildman–Crippen MR) is 125 cm³/mol. The fraction of sp³-hybridized carbons (Fsp3) is 0.304. The van der Waals surface area contributed by atoms with E-state index in [0.29, 0.717) is 11.6 Å². The predicted octanol–water partition coefficient (Wildman–Crippen LogP) is 4.35. The number of carbonyl (C=O) groups is 2. The number of halogens is 2. The van der Waals surface area contributed by atoms with Crippen LogP contribution in [-0.4, -0.2) is 38.7 Å². The third-order valence-electron chi connectivity index (χ3n) is 4.76. The number of hydrogen-bond acceptors (Lipinski definition) is 8. The number of aromatic nitrogens is 3. The van der Waals surface area contributed by atoms with E-state index in [2.05, 4.69) is 35.5 Å². The highest BCUT2D eigenvalue weighted by Crippen LogP contribution is 2.42. The first-order valence-corrected chi connectivity index (χ1v) is 10.8. The Kier molecular flexibility index (Phi) is 6.39. The monoisotopic (exact) mass is 502 g/mol. The number of ether oxygens (including phenoxy) is 3. The van der Waals surface area contributed by atoms with Crippen LogP contribution in [0.3, 0.4) is 0 Å². The Morgan fingerprint density at radius 2 is 1.86 bits per heavy atom. The van der Waals surface area contributed by atoms with Gasteiger partial charge in [0, 0.05) is 31.5 Å². The van der Waals surface area contributed by atoms with Gasteiger partial charge in [-0.25, -0.2) is 9.78 Å². The number of aryl methyl sites for hydroxylation is 1. The molecule has 0 bridgehead atoms. The molecule has 1 aliphatic heterocycles. The van der Waals surface area contributed by atoms with Crippen LogP contribution >= 0.6 is 0 Å². The second kappa shape index (κ2) is 9.32. The molecular weight excluding hydrogens is 478 g/mol. The zero-order valence-corrected chi connectivity index (χ0v) is 19.9. The number of rotatable bonds is 6. The van der Waals surface area contributed by atoms with Crippen molar-refractivity contribution in [2.45, 2.75) is 39.2 Å². The van der Waals surface area contributed by atoms with Crippen molar-refractivity contribution in [2.24, 2.45) is 7.05 Å². The number of amides is 2. The zero-order chi connectivity index (χ0) is 26.1. The number of nitrogens with one attached hydrogen (secondary N) is 3. The molecule has 2 aromatic heterocycles. The second-order valence-corrected chi connectivity index (χ2v) is 8.84. The van der Waals surface area contributed by atoms with Crippen LogP contribution in [-0.2, 0) is 18.3 Å². The summed E-state index contributed by atoms with van der Waals surface area (Å²) in [6.07, 6.45) is -1.47. The number of benzene rings is 1. The van der Waals surface area contributed by atoms with Crippen LogP contribution in [0.5, 0.6) is 11.5 Å². The Morgan fingerprint density at radius 1 is 1.11 bits per heavy atom. The highest BCUT2D eigenvalue weighted by atomic mass is 19.3. The summed E-state index contributed by atoms with van der Waals surface area (Å²) in [7, 11) is 1.66. The summed E-state index contributed by atoms with van der Waals surface area (Å²) in [5.74, 6) is -0.105. The van der Waals surface area contributed by atoms with Gasteiger partial charge in [0.15, 0.2) is 11.5 Å². The van der Waals surface area contributed by atoms with Gasteiger partial charge in [-0.15, -0.1) is 8.78 Å². The summed E-state index contributed by atoms with van der Waals surface area (Å²) < 4.78 is 42.0. The van der Waals surface area contributed by atoms with Crippen molar-refractivity contribution in [2.75, 3.05) is 16.0 Å². The maximum Gasteiger partial charge on any atom is 0.586 e. The fourth-order valence-corrected chi connectivity index (χ4v) is 3.29. The molecule has 13 heteroatoms. The van der Waals surface area contributed by atoms with Gasteiger partial charge in [-0.3, -0.25) is 14.8 Å². The molecule has 0 saturated heterocycles. The lowest BCUT2D eigenvalue weighted by atomic mass is 10.2. The molecule has 0 fully saturated rings. The van der Waals surface area contributed by atoms with Gasteiger partial charge in [-0.1, -0.05) is 0 Å². The van der Waals surface area contributed by atoms with Gasteiger partial charge in [0.25, 0.3) is 5.91 Å². The smallest absolute Gasteiger partial charge is 0.444 e. The molecule has 3 aromatic rings. The topological polar surface area (TPSA) is 129 Å². The van der Waals surface area contributed by atoms with E-state index in [0.717, 1.165) is 5.56 Å². The number of hydrogen-bond donors (Lipinski definition) is 3. The molecule has 2 amide bonds. The van der Waals surface area contributed by atoms with Gasteiger partial charge >= 0.3 is 12.4 Å². The van der Waals surface area contributed by atoms with Crippen LogP contribution in [0.1, 0.15) is 36.7 Å². The first-order chi connectivity index (χ1) is 16.9. The Morgan fingerprint density at radius 3 is 2.61 bits per heavy atom. The zero-order valence-electron chi connectivity index (χ0n) is 19.9. The van der Waals surface area contributed by atoms with Crippen LogP contribution in [0.15, 0.2) is 42.7 Å². The lowest BCUT2D eigenvalue weighted by molar-refractivity contribution is -0.286. The average molecular weight is 502 g/mol. The Labute approximate surface area is 204 Å². The number of carbonyl (C=O) groups excluding carboxylic acids is 2. The van der Waals surface area contributed by atoms with E-state index >= 15 is 0 Å². The van der Waals surface area contributed by atoms with Crippen LogP contribution in [0.25, 0.3) is 0 Å². The normalized spacial score (nSPS) is 13.7. The van der Waals surface area contributed by atoms with Crippen molar-refractivity contribution >= 4 is 29.3 Å². The fourth-order valence-electron chi connectivity index (χ4n) is 3.29. The van der Waals surface area contributed by atoms with Crippen LogP contribution in [0, 0.1) is 0 Å². The van der Waals surface area contributed by atoms with Gasteiger partial charge in [-0.05, 0) is 50.6 Å². The Balaban J connectivity index is 1.41. The molecule has 3 N–H and O–H groups in total. The minimum Gasteiger partial charge on any atom is -0.444 e. The van der Waals surface area contributed by atoms with Crippen molar-refractivity contribution in [1.82, 2.24) is 14.8 Å². The van der Waals surface area contributed by atoms with Gasteiger partial charge < -0.3 is 24.8 Å². The molecule has 1 aromatic carbocycles. The first kappa shape index (κ1) is 24.7. The quantitative estimate of drug-likeness (QED) is 0.454. The Bertz CT molecular complexity index is 1300. The van der Waals surface area contributed by atoms with Crippen molar-refractivity contribution in [3.05, 3.63) is 53.9 Å². The van der Waals surface area contributed by atoms with Gasteiger partial charge in [0.05, 0.1) is 6.20 Å². The molecule has 0 unspecified atom stereocenters. The molecule has 0 atom stereocenters. The minimum atomic E-state index is -3.75. The summed E-state index contributed by atoms with van der Waals surface area (Å²) >= 11 is 0. The lowest BCUT2D eigenvalue weighted by Crippen LogP contribution is -2.27. The van der Waals surface area contributed by atoms with E-state index < -0.39 is 23.9 Å². The van der Waals surface area contributed by atoms with E-state index in [1.807, 2.05) is 0 Å². The largest absolute Gasteiger partial charge is 0.586 e. The average Bonchev–Trinajstić information content (AvgIpc) is 3.28. The van der Waals surface area contributed by atoms with E-state index in [-0.39, 0.29) is 29.3 Å². The number of nitrogens with zero attached hydrogens (tertiary/aromatic N) is 3. The summed E-state index contributed by atoms with van der Waals surface area (Å²) in [5, 5.41) is 12.5. The second-order valence-electron chi connectivity index (χ2n) is 8.84. The number of alkyl halides is 2. The van der Waals surface area contributed by atoms with E-state index in [9.17, 15) is 18.4 Å². The van der Waals surface area contributed by atoms with E-state index in [4.69, 9.17) is 4.74 Å². The van der Waals surface area contributed by atoms with Crippen LogP contribution in [0.4, 0.5) is 30.9 Å².